The molecule has 4 heteroatoms. The quantitative estimate of drug-likeness (QED) is 0.532. The molecule has 94 valence electrons. The number of carbonyl (C=O) groups excluding carboxylic acids is 1. The van der Waals surface area contributed by atoms with E-state index in [-0.39, 0.29) is 17.2 Å². The van der Waals surface area contributed by atoms with Gasteiger partial charge >= 0.3 is 0 Å². The fourth-order valence-corrected chi connectivity index (χ4v) is 1.89. The van der Waals surface area contributed by atoms with Gasteiger partial charge in [0.2, 0.25) is 5.91 Å². The summed E-state index contributed by atoms with van der Waals surface area (Å²) in [7, 11) is 0. The van der Waals surface area contributed by atoms with Crippen LogP contribution in [0.15, 0.2) is 0 Å². The SMILES string of the molecule is CC(C)CCCCC(S)C(=O)NC1COC1. The first-order valence-corrected chi connectivity index (χ1v) is 6.67. The van der Waals surface area contributed by atoms with Crippen LogP contribution in [0.5, 0.6) is 0 Å². The lowest BCUT2D eigenvalue weighted by molar-refractivity contribution is -0.124. The zero-order valence-electron chi connectivity index (χ0n) is 10.2. The highest BCUT2D eigenvalue weighted by Crippen LogP contribution is 2.13. The molecule has 1 unspecified atom stereocenters. The van der Waals surface area contributed by atoms with E-state index in [2.05, 4.69) is 31.8 Å². The topological polar surface area (TPSA) is 38.3 Å². The van der Waals surface area contributed by atoms with Crippen molar-refractivity contribution in [3.05, 3.63) is 0 Å². The minimum absolute atomic E-state index is 0.0566. The van der Waals surface area contributed by atoms with Crippen LogP contribution in [-0.4, -0.2) is 30.4 Å². The lowest BCUT2D eigenvalue weighted by atomic mass is 10.0. The second-order valence-electron chi connectivity index (χ2n) is 4.94. The van der Waals surface area contributed by atoms with E-state index in [1.165, 1.54) is 12.8 Å². The highest BCUT2D eigenvalue weighted by atomic mass is 32.1. The Kier molecular flexibility index (Phi) is 6.21. The Labute approximate surface area is 104 Å². The van der Waals surface area contributed by atoms with Crippen LogP contribution in [0.3, 0.4) is 0 Å². The largest absolute Gasteiger partial charge is 0.377 e. The van der Waals surface area contributed by atoms with Crippen LogP contribution in [0, 0.1) is 5.92 Å². The van der Waals surface area contributed by atoms with Gasteiger partial charge in [-0.1, -0.05) is 33.1 Å². The third kappa shape index (κ3) is 5.21. The fraction of sp³-hybridized carbons (Fsp3) is 0.917. The van der Waals surface area contributed by atoms with Crippen molar-refractivity contribution in [2.45, 2.75) is 50.8 Å². The predicted molar refractivity (Wildman–Crippen MR) is 68.8 cm³/mol. The number of rotatable bonds is 7. The van der Waals surface area contributed by atoms with Crippen LogP contribution in [0.2, 0.25) is 0 Å². The summed E-state index contributed by atoms with van der Waals surface area (Å²) in [5.74, 6) is 0.806. The van der Waals surface area contributed by atoms with Gasteiger partial charge in [0.05, 0.1) is 24.5 Å². The highest BCUT2D eigenvalue weighted by molar-refractivity contribution is 7.81. The average molecular weight is 245 g/mol. The molecule has 0 aromatic carbocycles. The van der Waals surface area contributed by atoms with Crippen LogP contribution in [0.4, 0.5) is 0 Å². The van der Waals surface area contributed by atoms with E-state index in [1.54, 1.807) is 0 Å². The molecule has 1 aliphatic rings. The molecule has 0 aliphatic carbocycles. The molecule has 0 spiro atoms. The summed E-state index contributed by atoms with van der Waals surface area (Å²) in [4.78, 5) is 11.6. The second kappa shape index (κ2) is 7.17. The molecule has 1 heterocycles. The molecular formula is C12H23NO2S. The normalized spacial score (nSPS) is 18.2. The summed E-state index contributed by atoms with van der Waals surface area (Å²) in [5, 5.41) is 2.77. The van der Waals surface area contributed by atoms with E-state index in [9.17, 15) is 4.79 Å². The minimum atomic E-state index is -0.159. The van der Waals surface area contributed by atoms with Crippen molar-refractivity contribution in [1.82, 2.24) is 5.32 Å². The molecule has 16 heavy (non-hydrogen) atoms. The maximum absolute atomic E-state index is 11.6. The van der Waals surface area contributed by atoms with Crippen molar-refractivity contribution in [3.63, 3.8) is 0 Å². The summed E-state index contributed by atoms with van der Waals surface area (Å²) >= 11 is 4.33. The predicted octanol–water partition coefficient (Wildman–Crippen LogP) is 2.02. The van der Waals surface area contributed by atoms with Crippen molar-refractivity contribution in [2.24, 2.45) is 5.92 Å². The first kappa shape index (κ1) is 13.8. The van der Waals surface area contributed by atoms with Crippen molar-refractivity contribution in [3.8, 4) is 0 Å². The van der Waals surface area contributed by atoms with Crippen LogP contribution < -0.4 is 5.32 Å². The Morgan fingerprint density at radius 2 is 2.00 bits per heavy atom. The van der Waals surface area contributed by atoms with E-state index in [0.717, 1.165) is 18.8 Å². The Hall–Kier alpha value is -0.220. The molecule has 0 aromatic rings. The number of hydrogen-bond donors (Lipinski definition) is 2. The standard InChI is InChI=1S/C12H23NO2S/c1-9(2)5-3-4-6-11(16)12(14)13-10-7-15-8-10/h9-11,16H,3-8H2,1-2H3,(H,13,14). The monoisotopic (exact) mass is 245 g/mol. The van der Waals surface area contributed by atoms with Gasteiger partial charge in [-0.25, -0.2) is 0 Å². The molecule has 0 saturated carbocycles. The third-order valence-corrected chi connectivity index (χ3v) is 3.29. The molecule has 0 bridgehead atoms. The zero-order chi connectivity index (χ0) is 12.0. The van der Waals surface area contributed by atoms with Gasteiger partial charge in [-0.05, 0) is 12.3 Å². The summed E-state index contributed by atoms with van der Waals surface area (Å²) in [6.07, 6.45) is 4.38. The van der Waals surface area contributed by atoms with Crippen molar-refractivity contribution >= 4 is 18.5 Å². The van der Waals surface area contributed by atoms with Crippen LogP contribution in [0.25, 0.3) is 0 Å². The lowest BCUT2D eigenvalue weighted by Crippen LogP contribution is -2.50. The number of thiol groups is 1. The van der Waals surface area contributed by atoms with E-state index < -0.39 is 0 Å². The maximum Gasteiger partial charge on any atom is 0.233 e. The first-order chi connectivity index (χ1) is 7.59. The molecule has 0 aromatic heterocycles. The molecule has 3 nitrogen and oxygen atoms in total. The van der Waals surface area contributed by atoms with Gasteiger partial charge < -0.3 is 10.1 Å². The zero-order valence-corrected chi connectivity index (χ0v) is 11.1. The summed E-state index contributed by atoms with van der Waals surface area (Å²) in [5.41, 5.74) is 0. The molecular weight excluding hydrogens is 222 g/mol. The Morgan fingerprint density at radius 3 is 2.50 bits per heavy atom. The first-order valence-electron chi connectivity index (χ1n) is 6.15. The second-order valence-corrected chi connectivity index (χ2v) is 5.56. The molecule has 1 saturated heterocycles. The molecule has 1 amide bonds. The van der Waals surface area contributed by atoms with Crippen molar-refractivity contribution in [1.29, 1.82) is 0 Å². The van der Waals surface area contributed by atoms with Gasteiger partial charge in [0.15, 0.2) is 0 Å². The van der Waals surface area contributed by atoms with Gasteiger partial charge in [-0.15, -0.1) is 0 Å². The number of nitrogens with one attached hydrogen (secondary N) is 1. The van der Waals surface area contributed by atoms with E-state index >= 15 is 0 Å². The number of unbranched alkanes of at least 4 members (excludes halogenated alkanes) is 1. The molecule has 1 atom stereocenters. The van der Waals surface area contributed by atoms with Gasteiger partial charge in [-0.3, -0.25) is 4.79 Å². The smallest absolute Gasteiger partial charge is 0.233 e. The number of carbonyl (C=O) groups is 1. The van der Waals surface area contributed by atoms with E-state index in [0.29, 0.717) is 13.2 Å². The summed E-state index contributed by atoms with van der Waals surface area (Å²) < 4.78 is 5.00. The Balaban J connectivity index is 2.03. The molecule has 1 N–H and O–H groups in total. The summed E-state index contributed by atoms with van der Waals surface area (Å²) in [6, 6.07) is 0.220. The van der Waals surface area contributed by atoms with Gasteiger partial charge in [0.1, 0.15) is 0 Å². The fourth-order valence-electron chi connectivity index (χ4n) is 1.64. The van der Waals surface area contributed by atoms with Crippen LogP contribution in [0.1, 0.15) is 39.5 Å². The van der Waals surface area contributed by atoms with Crippen molar-refractivity contribution in [2.75, 3.05) is 13.2 Å². The summed E-state index contributed by atoms with van der Waals surface area (Å²) in [6.45, 7) is 5.75. The molecule has 0 radical (unpaired) electrons. The minimum Gasteiger partial charge on any atom is -0.377 e. The van der Waals surface area contributed by atoms with Crippen molar-refractivity contribution < 1.29 is 9.53 Å². The lowest BCUT2D eigenvalue weighted by Gasteiger charge is -2.27. The van der Waals surface area contributed by atoms with Gasteiger partial charge in [0.25, 0.3) is 0 Å². The van der Waals surface area contributed by atoms with E-state index in [1.807, 2.05) is 0 Å². The third-order valence-electron chi connectivity index (χ3n) is 2.80. The average Bonchev–Trinajstić information content (AvgIpc) is 2.17. The molecule has 1 rings (SSSR count). The van der Waals surface area contributed by atoms with Gasteiger partial charge in [0, 0.05) is 0 Å². The molecule has 1 aliphatic heterocycles. The molecule has 1 fully saturated rings. The number of hydrogen-bond acceptors (Lipinski definition) is 3. The Bertz CT molecular complexity index is 217. The number of ether oxygens (including phenoxy) is 1. The highest BCUT2D eigenvalue weighted by Gasteiger charge is 2.23. The van der Waals surface area contributed by atoms with E-state index in [4.69, 9.17) is 4.74 Å². The van der Waals surface area contributed by atoms with Gasteiger partial charge in [-0.2, -0.15) is 12.6 Å². The Morgan fingerprint density at radius 1 is 1.38 bits per heavy atom. The number of amides is 1. The van der Waals surface area contributed by atoms with Crippen LogP contribution >= 0.6 is 12.6 Å². The van der Waals surface area contributed by atoms with Crippen LogP contribution in [-0.2, 0) is 9.53 Å². The maximum atomic E-state index is 11.6.